The van der Waals surface area contributed by atoms with E-state index < -0.39 is 0 Å². The van der Waals surface area contributed by atoms with Gasteiger partial charge in [0.15, 0.2) is 0 Å². The molecule has 0 atom stereocenters. The standard InChI is InChI=1S/C21H35NO2.ClH/c1-2-3-4-5-6-10-18-23-20-11-13-21(14-12-20)24-19-17-22-15-8-7-9-16-22;/h11-14H,2-10,15-19H2,1H3;1H. The predicted molar refractivity (Wildman–Crippen MR) is 108 cm³/mol. The van der Waals surface area contributed by atoms with E-state index in [0.717, 1.165) is 37.7 Å². The number of ether oxygens (including phenoxy) is 2. The van der Waals surface area contributed by atoms with Crippen molar-refractivity contribution in [3.63, 3.8) is 0 Å². The van der Waals surface area contributed by atoms with Crippen molar-refractivity contribution >= 4 is 12.4 Å². The molecule has 1 heterocycles. The summed E-state index contributed by atoms with van der Waals surface area (Å²) in [6, 6.07) is 8.08. The summed E-state index contributed by atoms with van der Waals surface area (Å²) in [5.41, 5.74) is 0. The molecule has 1 fully saturated rings. The Labute approximate surface area is 160 Å². The SMILES string of the molecule is CCCCCCCCOc1ccc(OCCN2CCCCC2)cc1.Cl. The van der Waals surface area contributed by atoms with Crippen LogP contribution < -0.4 is 9.47 Å². The summed E-state index contributed by atoms with van der Waals surface area (Å²) in [7, 11) is 0. The Hall–Kier alpha value is -0.930. The summed E-state index contributed by atoms with van der Waals surface area (Å²) in [5.74, 6) is 1.89. The monoisotopic (exact) mass is 369 g/mol. The largest absolute Gasteiger partial charge is 0.494 e. The van der Waals surface area contributed by atoms with E-state index in [1.54, 1.807) is 0 Å². The van der Waals surface area contributed by atoms with Crippen molar-refractivity contribution in [1.29, 1.82) is 0 Å². The predicted octanol–water partition coefficient (Wildman–Crippen LogP) is 5.71. The minimum absolute atomic E-state index is 0. The molecular weight excluding hydrogens is 334 g/mol. The van der Waals surface area contributed by atoms with E-state index in [2.05, 4.69) is 11.8 Å². The molecule has 1 aromatic rings. The van der Waals surface area contributed by atoms with Gasteiger partial charge in [-0.1, -0.05) is 45.4 Å². The first-order valence-electron chi connectivity index (χ1n) is 9.96. The van der Waals surface area contributed by atoms with Gasteiger partial charge in [0.1, 0.15) is 18.1 Å². The number of hydrogen-bond acceptors (Lipinski definition) is 3. The average molecular weight is 370 g/mol. The molecule has 0 N–H and O–H groups in total. The molecule has 0 aliphatic carbocycles. The number of halogens is 1. The summed E-state index contributed by atoms with van der Waals surface area (Å²) >= 11 is 0. The number of hydrogen-bond donors (Lipinski definition) is 0. The fourth-order valence-electron chi connectivity index (χ4n) is 3.18. The molecule has 0 aromatic heterocycles. The van der Waals surface area contributed by atoms with Crippen LogP contribution in [0.4, 0.5) is 0 Å². The molecule has 2 rings (SSSR count). The maximum Gasteiger partial charge on any atom is 0.119 e. The Morgan fingerprint density at radius 3 is 1.96 bits per heavy atom. The van der Waals surface area contributed by atoms with Crippen molar-refractivity contribution in [1.82, 2.24) is 4.90 Å². The zero-order valence-corrected chi connectivity index (χ0v) is 16.7. The van der Waals surface area contributed by atoms with E-state index in [9.17, 15) is 0 Å². The molecule has 0 radical (unpaired) electrons. The molecule has 3 nitrogen and oxygen atoms in total. The fourth-order valence-corrected chi connectivity index (χ4v) is 3.18. The van der Waals surface area contributed by atoms with Gasteiger partial charge in [-0.05, 0) is 56.6 Å². The molecule has 1 saturated heterocycles. The van der Waals surface area contributed by atoms with Crippen molar-refractivity contribution < 1.29 is 9.47 Å². The number of likely N-dealkylation sites (tertiary alicyclic amines) is 1. The molecule has 144 valence electrons. The van der Waals surface area contributed by atoms with E-state index in [1.165, 1.54) is 64.5 Å². The lowest BCUT2D eigenvalue weighted by atomic mass is 10.1. The van der Waals surface area contributed by atoms with Crippen LogP contribution >= 0.6 is 12.4 Å². The second kappa shape index (κ2) is 14.3. The van der Waals surface area contributed by atoms with E-state index in [-0.39, 0.29) is 12.4 Å². The van der Waals surface area contributed by atoms with Crippen LogP contribution in [-0.4, -0.2) is 37.7 Å². The molecule has 1 aromatic carbocycles. The van der Waals surface area contributed by atoms with Crippen LogP contribution in [0.1, 0.15) is 64.7 Å². The zero-order chi connectivity index (χ0) is 16.9. The highest BCUT2D eigenvalue weighted by Crippen LogP contribution is 2.18. The van der Waals surface area contributed by atoms with Gasteiger partial charge in [0.2, 0.25) is 0 Å². The van der Waals surface area contributed by atoms with E-state index in [0.29, 0.717) is 0 Å². The Morgan fingerprint density at radius 2 is 1.32 bits per heavy atom. The fraction of sp³-hybridized carbons (Fsp3) is 0.714. The molecule has 1 aliphatic rings. The maximum absolute atomic E-state index is 5.85. The molecule has 0 saturated carbocycles. The summed E-state index contributed by atoms with van der Waals surface area (Å²) in [6.45, 7) is 7.35. The normalized spacial score (nSPS) is 14.8. The van der Waals surface area contributed by atoms with Gasteiger partial charge in [-0.2, -0.15) is 0 Å². The highest BCUT2D eigenvalue weighted by Gasteiger charge is 2.09. The molecule has 0 bridgehead atoms. The van der Waals surface area contributed by atoms with Crippen LogP contribution in [0.15, 0.2) is 24.3 Å². The van der Waals surface area contributed by atoms with Gasteiger partial charge in [-0.25, -0.2) is 0 Å². The Morgan fingerprint density at radius 1 is 0.760 bits per heavy atom. The topological polar surface area (TPSA) is 21.7 Å². The first-order chi connectivity index (χ1) is 11.9. The molecular formula is C21H36ClNO2. The minimum Gasteiger partial charge on any atom is -0.494 e. The highest BCUT2D eigenvalue weighted by atomic mass is 35.5. The summed E-state index contributed by atoms with van der Waals surface area (Å²) < 4.78 is 11.7. The molecule has 0 unspecified atom stereocenters. The third kappa shape index (κ3) is 9.96. The molecule has 0 spiro atoms. The molecule has 4 heteroatoms. The second-order valence-electron chi connectivity index (χ2n) is 6.84. The summed E-state index contributed by atoms with van der Waals surface area (Å²) in [6.07, 6.45) is 11.9. The van der Waals surface area contributed by atoms with Crippen LogP contribution in [0.2, 0.25) is 0 Å². The molecule has 25 heavy (non-hydrogen) atoms. The Kier molecular flexibility index (Phi) is 12.6. The Bertz CT molecular complexity index is 418. The number of nitrogens with zero attached hydrogens (tertiary/aromatic N) is 1. The Balaban J connectivity index is 0.00000312. The van der Waals surface area contributed by atoms with Crippen LogP contribution in [0, 0.1) is 0 Å². The number of benzene rings is 1. The van der Waals surface area contributed by atoms with Crippen LogP contribution in [0.5, 0.6) is 11.5 Å². The maximum atomic E-state index is 5.85. The van der Waals surface area contributed by atoms with Gasteiger partial charge in [0.25, 0.3) is 0 Å². The zero-order valence-electron chi connectivity index (χ0n) is 15.9. The molecule has 0 amide bonds. The first-order valence-corrected chi connectivity index (χ1v) is 9.96. The quantitative estimate of drug-likeness (QED) is 0.440. The lowest BCUT2D eigenvalue weighted by molar-refractivity contribution is 0.183. The summed E-state index contributed by atoms with van der Waals surface area (Å²) in [4.78, 5) is 2.50. The van der Waals surface area contributed by atoms with E-state index in [4.69, 9.17) is 9.47 Å². The van der Waals surface area contributed by atoms with Gasteiger partial charge in [0.05, 0.1) is 6.61 Å². The highest BCUT2D eigenvalue weighted by molar-refractivity contribution is 5.85. The van der Waals surface area contributed by atoms with Crippen molar-refractivity contribution in [2.75, 3.05) is 32.8 Å². The van der Waals surface area contributed by atoms with Crippen LogP contribution in [-0.2, 0) is 0 Å². The van der Waals surface area contributed by atoms with Gasteiger partial charge >= 0.3 is 0 Å². The minimum atomic E-state index is 0. The number of piperidine rings is 1. The summed E-state index contributed by atoms with van der Waals surface area (Å²) in [5, 5.41) is 0. The van der Waals surface area contributed by atoms with Gasteiger partial charge in [0, 0.05) is 6.54 Å². The van der Waals surface area contributed by atoms with Gasteiger partial charge < -0.3 is 9.47 Å². The van der Waals surface area contributed by atoms with E-state index >= 15 is 0 Å². The number of unbranched alkanes of at least 4 members (excludes halogenated alkanes) is 5. The van der Waals surface area contributed by atoms with Crippen LogP contribution in [0.3, 0.4) is 0 Å². The molecule has 1 aliphatic heterocycles. The van der Waals surface area contributed by atoms with Crippen molar-refractivity contribution in [2.45, 2.75) is 64.7 Å². The third-order valence-corrected chi connectivity index (χ3v) is 4.72. The van der Waals surface area contributed by atoms with E-state index in [1.807, 2.05) is 24.3 Å². The third-order valence-electron chi connectivity index (χ3n) is 4.72. The second-order valence-corrected chi connectivity index (χ2v) is 6.84. The lowest BCUT2D eigenvalue weighted by Crippen LogP contribution is -2.33. The number of rotatable bonds is 12. The van der Waals surface area contributed by atoms with Crippen molar-refractivity contribution in [3.05, 3.63) is 24.3 Å². The van der Waals surface area contributed by atoms with Crippen molar-refractivity contribution in [3.8, 4) is 11.5 Å². The van der Waals surface area contributed by atoms with Gasteiger partial charge in [-0.3, -0.25) is 4.90 Å². The smallest absolute Gasteiger partial charge is 0.119 e. The van der Waals surface area contributed by atoms with Gasteiger partial charge in [-0.15, -0.1) is 12.4 Å². The van der Waals surface area contributed by atoms with Crippen LogP contribution in [0.25, 0.3) is 0 Å². The first kappa shape index (κ1) is 22.1. The lowest BCUT2D eigenvalue weighted by Gasteiger charge is -2.26. The average Bonchev–Trinajstić information content (AvgIpc) is 2.63. The van der Waals surface area contributed by atoms with Crippen molar-refractivity contribution in [2.24, 2.45) is 0 Å².